The molecule has 4 unspecified atom stereocenters. The van der Waals surface area contributed by atoms with E-state index in [4.69, 9.17) is 0 Å². The molecule has 0 aliphatic heterocycles. The number of hydrogen-bond acceptors (Lipinski definition) is 4. The van der Waals surface area contributed by atoms with Crippen molar-refractivity contribution in [1.82, 2.24) is 0 Å². The van der Waals surface area contributed by atoms with Crippen LogP contribution in [0.2, 0.25) is 0 Å². The van der Waals surface area contributed by atoms with E-state index in [1.165, 1.54) is 24.3 Å². The Morgan fingerprint density at radius 3 is 1.57 bits per heavy atom. The first kappa shape index (κ1) is 17.9. The maximum atomic E-state index is 14.0. The van der Waals surface area contributed by atoms with Gasteiger partial charge in [0.25, 0.3) is 0 Å². The first-order valence-electron chi connectivity index (χ1n) is 9.36. The van der Waals surface area contributed by atoms with Crippen molar-refractivity contribution in [2.75, 3.05) is 0 Å². The maximum absolute atomic E-state index is 14.0. The minimum absolute atomic E-state index is 0.0549. The standard InChI is InChI=1S/C22H20O4S2/c23-27(24,17-7-3-1-4-8-17)22(28(25,26)18-9-5-2-6-10-18)15-16-11-14-21(22)20-13-12-19(16)20/h1-14,16,19-21H,15H2. The van der Waals surface area contributed by atoms with Crippen LogP contribution in [0.15, 0.2) is 94.8 Å². The van der Waals surface area contributed by atoms with Gasteiger partial charge in [-0.15, -0.1) is 0 Å². The highest BCUT2D eigenvalue weighted by molar-refractivity contribution is 8.10. The number of hydrogen-bond donors (Lipinski definition) is 0. The number of allylic oxidation sites excluding steroid dienone is 4. The van der Waals surface area contributed by atoms with Crippen LogP contribution >= 0.6 is 0 Å². The lowest BCUT2D eigenvalue weighted by Gasteiger charge is -2.56. The van der Waals surface area contributed by atoms with E-state index in [1.54, 1.807) is 36.4 Å². The van der Waals surface area contributed by atoms with E-state index in [0.717, 1.165) is 0 Å². The number of rotatable bonds is 4. The Hall–Kier alpha value is -2.18. The van der Waals surface area contributed by atoms with E-state index < -0.39 is 29.7 Å². The molecule has 28 heavy (non-hydrogen) atoms. The van der Waals surface area contributed by atoms with Gasteiger partial charge in [0, 0.05) is 5.92 Å². The minimum atomic E-state index is -4.16. The molecule has 0 heterocycles. The van der Waals surface area contributed by atoms with Crippen LogP contribution in [0, 0.1) is 23.7 Å². The molecule has 4 aliphatic carbocycles. The van der Waals surface area contributed by atoms with Gasteiger partial charge in [-0.1, -0.05) is 60.7 Å². The third-order valence-corrected chi connectivity index (χ3v) is 12.3. The highest BCUT2D eigenvalue weighted by atomic mass is 32.3. The summed E-state index contributed by atoms with van der Waals surface area (Å²) in [5, 5.41) is 0. The van der Waals surface area contributed by atoms with Crippen molar-refractivity contribution in [3.05, 3.63) is 85.0 Å². The van der Waals surface area contributed by atoms with Crippen LogP contribution in [-0.2, 0) is 19.7 Å². The Bertz CT molecular complexity index is 1110. The van der Waals surface area contributed by atoms with Crippen LogP contribution in [0.3, 0.4) is 0 Å². The average Bonchev–Trinajstić information content (AvgIpc) is 2.68. The second-order valence-electron chi connectivity index (χ2n) is 7.76. The molecule has 0 saturated heterocycles. The number of benzene rings is 2. The zero-order chi connectivity index (χ0) is 19.6. The molecule has 6 rings (SSSR count). The fourth-order valence-electron chi connectivity index (χ4n) is 5.10. The fraction of sp³-hybridized carbons (Fsp3) is 0.273. The monoisotopic (exact) mass is 412 g/mol. The predicted molar refractivity (Wildman–Crippen MR) is 107 cm³/mol. The second-order valence-corrected chi connectivity index (χ2v) is 12.4. The van der Waals surface area contributed by atoms with Crippen molar-refractivity contribution in [3.8, 4) is 0 Å². The van der Waals surface area contributed by atoms with Gasteiger partial charge in [0.15, 0.2) is 23.8 Å². The van der Waals surface area contributed by atoms with Crippen LogP contribution in [0.5, 0.6) is 0 Å². The molecular weight excluding hydrogens is 392 g/mol. The summed E-state index contributed by atoms with van der Waals surface area (Å²) in [6.07, 6.45) is 7.99. The smallest absolute Gasteiger partial charge is 0.199 e. The van der Waals surface area contributed by atoms with Crippen molar-refractivity contribution >= 4 is 19.7 Å². The second kappa shape index (κ2) is 5.91. The Labute approximate surface area is 165 Å². The van der Waals surface area contributed by atoms with Crippen LogP contribution in [0.25, 0.3) is 0 Å². The molecule has 144 valence electrons. The lowest BCUT2D eigenvalue weighted by Crippen LogP contribution is -2.62. The summed E-state index contributed by atoms with van der Waals surface area (Å²) in [5.74, 6) is -0.499. The van der Waals surface area contributed by atoms with Gasteiger partial charge in [-0.2, -0.15) is 0 Å². The molecule has 4 aliphatic rings. The van der Waals surface area contributed by atoms with Crippen LogP contribution < -0.4 is 0 Å². The van der Waals surface area contributed by atoms with Crippen molar-refractivity contribution < 1.29 is 16.8 Å². The van der Waals surface area contributed by atoms with E-state index in [9.17, 15) is 16.8 Å². The molecule has 0 amide bonds. The quantitative estimate of drug-likeness (QED) is 0.719. The van der Waals surface area contributed by atoms with E-state index >= 15 is 0 Å². The molecule has 0 spiro atoms. The summed E-state index contributed by atoms with van der Waals surface area (Å²) < 4.78 is 53.9. The van der Waals surface area contributed by atoms with Gasteiger partial charge in [0.2, 0.25) is 0 Å². The summed E-state index contributed by atoms with van der Waals surface area (Å²) in [5.41, 5.74) is 0. The Morgan fingerprint density at radius 2 is 1.14 bits per heavy atom. The molecule has 1 saturated carbocycles. The van der Waals surface area contributed by atoms with Crippen molar-refractivity contribution in [2.45, 2.75) is 20.3 Å². The molecule has 2 aromatic rings. The third kappa shape index (κ3) is 2.10. The molecule has 0 radical (unpaired) electrons. The summed E-state index contributed by atoms with van der Waals surface area (Å²) in [6, 6.07) is 16.0. The van der Waals surface area contributed by atoms with Crippen molar-refractivity contribution in [3.63, 3.8) is 0 Å². The van der Waals surface area contributed by atoms with E-state index in [2.05, 4.69) is 6.08 Å². The maximum Gasteiger partial charge on any atom is 0.199 e. The first-order valence-corrected chi connectivity index (χ1v) is 12.3. The highest BCUT2D eigenvalue weighted by Crippen LogP contribution is 2.61. The fourth-order valence-corrected chi connectivity index (χ4v) is 10.7. The van der Waals surface area contributed by atoms with Crippen molar-refractivity contribution in [1.29, 1.82) is 0 Å². The minimum Gasteiger partial charge on any atom is -0.222 e. The SMILES string of the molecule is O=S(=O)(c1ccccc1)C1(S(=O)(=O)c2ccccc2)CC2C=CC1C1C=CC21. The lowest BCUT2D eigenvalue weighted by atomic mass is 9.57. The van der Waals surface area contributed by atoms with Gasteiger partial charge >= 0.3 is 0 Å². The normalized spacial score (nSPS) is 29.9. The van der Waals surface area contributed by atoms with E-state index in [-0.39, 0.29) is 34.0 Å². The molecule has 2 bridgehead atoms. The highest BCUT2D eigenvalue weighted by Gasteiger charge is 2.68. The molecular formula is C22H20O4S2. The zero-order valence-electron chi connectivity index (χ0n) is 15.0. The van der Waals surface area contributed by atoms with Gasteiger partial charge in [0.05, 0.1) is 9.79 Å². The summed E-state index contributed by atoms with van der Waals surface area (Å²) in [6.45, 7) is 0. The topological polar surface area (TPSA) is 68.3 Å². The van der Waals surface area contributed by atoms with E-state index in [1.807, 2.05) is 18.2 Å². The van der Waals surface area contributed by atoms with Crippen molar-refractivity contribution in [2.24, 2.45) is 23.7 Å². The largest absolute Gasteiger partial charge is 0.222 e. The number of fused-ring (bicyclic) bond motifs is 1. The van der Waals surface area contributed by atoms with Gasteiger partial charge in [-0.05, 0) is 48.4 Å². The van der Waals surface area contributed by atoms with Gasteiger partial charge < -0.3 is 0 Å². The van der Waals surface area contributed by atoms with Gasteiger partial charge in [-0.3, -0.25) is 0 Å². The Kier molecular flexibility index (Phi) is 3.77. The summed E-state index contributed by atoms with van der Waals surface area (Å²) >= 11 is 0. The molecule has 2 aromatic carbocycles. The Morgan fingerprint density at radius 1 is 0.643 bits per heavy atom. The third-order valence-electron chi connectivity index (χ3n) is 6.52. The molecule has 4 nitrogen and oxygen atoms in total. The molecule has 0 aromatic heterocycles. The molecule has 0 N–H and O–H groups in total. The Balaban J connectivity index is 1.81. The summed E-state index contributed by atoms with van der Waals surface area (Å²) in [4.78, 5) is 0.130. The molecule has 1 fully saturated rings. The zero-order valence-corrected chi connectivity index (χ0v) is 16.7. The predicted octanol–water partition coefficient (Wildman–Crippen LogP) is 3.64. The van der Waals surface area contributed by atoms with Crippen LogP contribution in [-0.4, -0.2) is 20.9 Å². The van der Waals surface area contributed by atoms with Gasteiger partial charge in [0.1, 0.15) is 0 Å². The molecule has 4 atom stereocenters. The summed E-state index contributed by atoms with van der Waals surface area (Å²) in [7, 11) is -8.31. The van der Waals surface area contributed by atoms with Gasteiger partial charge in [-0.25, -0.2) is 16.8 Å². The van der Waals surface area contributed by atoms with Crippen LogP contribution in [0.1, 0.15) is 6.42 Å². The van der Waals surface area contributed by atoms with E-state index in [0.29, 0.717) is 0 Å². The lowest BCUT2D eigenvalue weighted by molar-refractivity contribution is 0.156. The first-order chi connectivity index (χ1) is 13.4. The molecule has 6 heteroatoms. The average molecular weight is 413 g/mol. The number of sulfone groups is 2. The van der Waals surface area contributed by atoms with Crippen LogP contribution in [0.4, 0.5) is 0 Å².